The third-order valence-corrected chi connectivity index (χ3v) is 7.08. The summed E-state index contributed by atoms with van der Waals surface area (Å²) in [7, 11) is 0. The molecule has 2 heterocycles. The van der Waals surface area contributed by atoms with Gasteiger partial charge in [-0.2, -0.15) is 16.9 Å². The number of carbonyl (C=O) groups excluding carboxylic acids is 1. The van der Waals surface area contributed by atoms with Crippen molar-refractivity contribution in [1.29, 1.82) is 0 Å². The number of aliphatic carboxylic acids is 1. The van der Waals surface area contributed by atoms with E-state index >= 15 is 0 Å². The Labute approximate surface area is 203 Å². The molecule has 0 saturated carbocycles. The number of benzene rings is 2. The van der Waals surface area contributed by atoms with Crippen LogP contribution in [-0.2, 0) is 11.2 Å². The molecule has 9 heteroatoms. The summed E-state index contributed by atoms with van der Waals surface area (Å²) in [5.41, 5.74) is 4.29. The second-order valence-electron chi connectivity index (χ2n) is 8.44. The lowest BCUT2D eigenvalue weighted by Crippen LogP contribution is -2.39. The average Bonchev–Trinajstić information content (AvgIpc) is 2.85. The van der Waals surface area contributed by atoms with E-state index in [1.807, 2.05) is 53.2 Å². The van der Waals surface area contributed by atoms with Gasteiger partial charge >= 0.3 is 5.97 Å². The van der Waals surface area contributed by atoms with Gasteiger partial charge in [0.1, 0.15) is 0 Å². The number of carboxylic acids is 1. The molecule has 34 heavy (non-hydrogen) atoms. The van der Waals surface area contributed by atoms with Gasteiger partial charge in [-0.05, 0) is 53.8 Å². The number of fused-ring (bicyclic) bond motifs is 1. The van der Waals surface area contributed by atoms with Crippen molar-refractivity contribution in [3.8, 4) is 0 Å². The lowest BCUT2D eigenvalue weighted by Gasteiger charge is -2.36. The molecule has 4 rings (SSSR count). The number of nitrogens with zero attached hydrogens (tertiary/aromatic N) is 3. The second kappa shape index (κ2) is 11.5. The minimum Gasteiger partial charge on any atom is -0.480 e. The summed E-state index contributed by atoms with van der Waals surface area (Å²) < 4.78 is 0. The van der Waals surface area contributed by atoms with Crippen LogP contribution in [0.3, 0.4) is 0 Å². The summed E-state index contributed by atoms with van der Waals surface area (Å²) in [5.74, 6) is 1.13. The highest BCUT2D eigenvalue weighted by atomic mass is 32.2. The highest BCUT2D eigenvalue weighted by Crippen LogP contribution is 2.33. The molecule has 1 fully saturated rings. The number of nitrogens with one attached hydrogen (secondary N) is 1. The van der Waals surface area contributed by atoms with Crippen LogP contribution in [0.1, 0.15) is 39.5 Å². The lowest BCUT2D eigenvalue weighted by molar-refractivity contribution is -0.139. The summed E-state index contributed by atoms with van der Waals surface area (Å²) in [6.07, 6.45) is 2.99. The van der Waals surface area contributed by atoms with Gasteiger partial charge in [-0.3, -0.25) is 19.5 Å². The number of hydrogen-bond donors (Lipinski definition) is 3. The number of aliphatic hydroxyl groups excluding tert-OH is 1. The maximum absolute atomic E-state index is 12.8. The fourth-order valence-corrected chi connectivity index (χ4v) is 5.29. The predicted octanol–water partition coefficient (Wildman–Crippen LogP) is 2.69. The van der Waals surface area contributed by atoms with Crippen molar-refractivity contribution >= 4 is 35.5 Å². The van der Waals surface area contributed by atoms with E-state index in [0.29, 0.717) is 30.6 Å². The number of carboxylic acid groups (broad SMARTS) is 1. The smallest absolute Gasteiger partial charge is 0.317 e. The standard InChI is InChI=1S/C25H30N4O4S/c30-12-8-23-22-6-5-21(15-20(22)7-9-28(23)17-24(31)32)27-25(33)19-3-1-18(2-4-19)16-26-29-10-13-34-14-11-29/h1-6,15-16,23,30H,7-14,17H2,(H,27,33)(H,31,32). The van der Waals surface area contributed by atoms with Gasteiger partial charge in [0, 0.05) is 55.0 Å². The molecule has 2 aliphatic heterocycles. The number of aliphatic hydroxyl groups is 1. The van der Waals surface area contributed by atoms with Crippen molar-refractivity contribution in [3.63, 3.8) is 0 Å². The molecule has 1 atom stereocenters. The summed E-state index contributed by atoms with van der Waals surface area (Å²) in [4.78, 5) is 25.9. The van der Waals surface area contributed by atoms with Crippen LogP contribution < -0.4 is 5.32 Å². The van der Waals surface area contributed by atoms with Gasteiger partial charge in [-0.25, -0.2) is 0 Å². The van der Waals surface area contributed by atoms with Gasteiger partial charge < -0.3 is 15.5 Å². The quantitative estimate of drug-likeness (QED) is 0.497. The van der Waals surface area contributed by atoms with Crippen molar-refractivity contribution < 1.29 is 19.8 Å². The van der Waals surface area contributed by atoms with Crippen molar-refractivity contribution in [2.24, 2.45) is 5.10 Å². The largest absolute Gasteiger partial charge is 0.480 e. The molecule has 1 saturated heterocycles. The molecule has 1 amide bonds. The minimum atomic E-state index is -0.877. The van der Waals surface area contributed by atoms with Crippen molar-refractivity contribution in [1.82, 2.24) is 9.91 Å². The molecule has 2 aliphatic rings. The Hall–Kier alpha value is -2.88. The summed E-state index contributed by atoms with van der Waals surface area (Å²) in [6.45, 7) is 2.44. The van der Waals surface area contributed by atoms with Crippen LogP contribution in [-0.4, -0.2) is 82.5 Å². The molecule has 0 aromatic heterocycles. The van der Waals surface area contributed by atoms with E-state index in [9.17, 15) is 19.8 Å². The fourth-order valence-electron chi connectivity index (χ4n) is 4.41. The molecule has 180 valence electrons. The third kappa shape index (κ3) is 6.16. The third-order valence-electron chi connectivity index (χ3n) is 6.14. The Morgan fingerprint density at radius 3 is 2.59 bits per heavy atom. The number of carbonyl (C=O) groups is 2. The zero-order valence-electron chi connectivity index (χ0n) is 19.0. The molecule has 0 aliphatic carbocycles. The number of rotatable bonds is 8. The molecule has 0 radical (unpaired) electrons. The average molecular weight is 483 g/mol. The van der Waals surface area contributed by atoms with Crippen LogP contribution in [0.4, 0.5) is 5.69 Å². The van der Waals surface area contributed by atoms with Gasteiger partial charge in [0.2, 0.25) is 0 Å². The van der Waals surface area contributed by atoms with Crippen molar-refractivity contribution in [2.45, 2.75) is 18.9 Å². The van der Waals surface area contributed by atoms with Gasteiger partial charge in [0.15, 0.2) is 0 Å². The number of thioether (sulfide) groups is 1. The van der Waals surface area contributed by atoms with E-state index in [-0.39, 0.29) is 25.1 Å². The van der Waals surface area contributed by atoms with Gasteiger partial charge in [0.05, 0.1) is 12.8 Å². The molecular weight excluding hydrogens is 452 g/mol. The molecule has 1 unspecified atom stereocenters. The van der Waals surface area contributed by atoms with Crippen LogP contribution >= 0.6 is 11.8 Å². The van der Waals surface area contributed by atoms with Crippen molar-refractivity contribution in [2.75, 3.05) is 49.6 Å². The molecule has 2 aromatic rings. The number of hydrogen-bond acceptors (Lipinski definition) is 7. The second-order valence-corrected chi connectivity index (χ2v) is 9.67. The normalized spacial score (nSPS) is 18.6. The summed E-state index contributed by atoms with van der Waals surface area (Å²) in [6, 6.07) is 12.9. The maximum Gasteiger partial charge on any atom is 0.317 e. The molecule has 0 spiro atoms. The van der Waals surface area contributed by atoms with Crippen molar-refractivity contribution in [3.05, 3.63) is 64.7 Å². The van der Waals surface area contributed by atoms with Gasteiger partial charge in [0.25, 0.3) is 5.91 Å². The SMILES string of the molecule is O=C(O)CN1CCc2cc(NC(=O)c3ccc(C=NN4CCSCC4)cc3)ccc2C1CCO. The topological polar surface area (TPSA) is 105 Å². The molecule has 3 N–H and O–H groups in total. The summed E-state index contributed by atoms with van der Waals surface area (Å²) >= 11 is 1.94. The Morgan fingerprint density at radius 2 is 1.88 bits per heavy atom. The van der Waals surface area contributed by atoms with E-state index in [0.717, 1.165) is 41.3 Å². The number of anilines is 1. The highest BCUT2D eigenvalue weighted by molar-refractivity contribution is 7.99. The van der Waals surface area contributed by atoms with Crippen LogP contribution in [0.2, 0.25) is 0 Å². The van der Waals surface area contributed by atoms with Gasteiger partial charge in [-0.1, -0.05) is 18.2 Å². The first-order valence-electron chi connectivity index (χ1n) is 11.5. The van der Waals surface area contributed by atoms with E-state index in [2.05, 4.69) is 15.4 Å². The minimum absolute atomic E-state index is 0.0173. The first-order valence-corrected chi connectivity index (χ1v) is 12.7. The summed E-state index contributed by atoms with van der Waals surface area (Å²) in [5, 5.41) is 28.2. The molecule has 0 bridgehead atoms. The van der Waals surface area contributed by atoms with Crippen LogP contribution in [0.15, 0.2) is 47.6 Å². The van der Waals surface area contributed by atoms with Crippen LogP contribution in [0.25, 0.3) is 0 Å². The van der Waals surface area contributed by atoms with E-state index in [4.69, 9.17) is 0 Å². The molecular formula is C25H30N4O4S. The van der Waals surface area contributed by atoms with Crippen LogP contribution in [0, 0.1) is 0 Å². The first kappa shape index (κ1) is 24.3. The van der Waals surface area contributed by atoms with E-state index in [1.54, 1.807) is 12.1 Å². The highest BCUT2D eigenvalue weighted by Gasteiger charge is 2.28. The van der Waals surface area contributed by atoms with E-state index < -0.39 is 5.97 Å². The predicted molar refractivity (Wildman–Crippen MR) is 135 cm³/mol. The molecule has 2 aromatic carbocycles. The zero-order valence-corrected chi connectivity index (χ0v) is 19.8. The maximum atomic E-state index is 12.8. The first-order chi connectivity index (χ1) is 16.5. The van der Waals surface area contributed by atoms with Crippen LogP contribution in [0.5, 0.6) is 0 Å². The monoisotopic (exact) mass is 482 g/mol. The fraction of sp³-hybridized carbons (Fsp3) is 0.400. The van der Waals surface area contributed by atoms with Gasteiger partial charge in [-0.15, -0.1) is 0 Å². The number of hydrazone groups is 1. The molecule has 8 nitrogen and oxygen atoms in total. The number of amides is 1. The zero-order chi connectivity index (χ0) is 23.9. The Kier molecular flexibility index (Phi) is 8.21. The Morgan fingerprint density at radius 1 is 1.12 bits per heavy atom. The van der Waals surface area contributed by atoms with E-state index in [1.165, 1.54) is 0 Å². The Bertz CT molecular complexity index is 1040. The Balaban J connectivity index is 1.40. The lowest BCUT2D eigenvalue weighted by atomic mass is 9.90.